The van der Waals surface area contributed by atoms with E-state index in [1.165, 1.54) is 0 Å². The summed E-state index contributed by atoms with van der Waals surface area (Å²) in [6, 6.07) is -0.227. The molecule has 0 aliphatic carbocycles. The molecule has 0 aromatic heterocycles. The zero-order valence-electron chi connectivity index (χ0n) is 11.3. The van der Waals surface area contributed by atoms with Gasteiger partial charge in [0.25, 0.3) is 10.1 Å². The Bertz CT molecular complexity index is 341. The fourth-order valence-electron chi connectivity index (χ4n) is 1.53. The maximum Gasteiger partial charge on any atom is 0.264 e. The molecule has 0 aliphatic heterocycles. The molecule has 0 saturated carbocycles. The van der Waals surface area contributed by atoms with Crippen LogP contribution >= 0.6 is 0 Å². The van der Waals surface area contributed by atoms with Crippen LogP contribution in [0.5, 0.6) is 0 Å². The lowest BCUT2D eigenvalue weighted by atomic mass is 10.1. The van der Waals surface area contributed by atoms with Crippen molar-refractivity contribution in [1.29, 1.82) is 0 Å². The van der Waals surface area contributed by atoms with Gasteiger partial charge in [0, 0.05) is 6.04 Å². The Morgan fingerprint density at radius 3 is 2.39 bits per heavy atom. The van der Waals surface area contributed by atoms with Crippen LogP contribution in [0, 0.1) is 0 Å². The molecular formula is C11H24N2O4S. The minimum Gasteiger partial charge on any atom is -0.353 e. The van der Waals surface area contributed by atoms with Crippen molar-refractivity contribution in [3.8, 4) is 0 Å². The molecule has 0 radical (unpaired) electrons. The molecule has 0 saturated heterocycles. The summed E-state index contributed by atoms with van der Waals surface area (Å²) in [6.45, 7) is 6.14. The largest absolute Gasteiger partial charge is 0.353 e. The number of carbonyl (C=O) groups excluding carboxylic acids is 1. The van der Waals surface area contributed by atoms with Crippen LogP contribution in [0.2, 0.25) is 0 Å². The van der Waals surface area contributed by atoms with E-state index in [9.17, 15) is 13.2 Å². The van der Waals surface area contributed by atoms with Gasteiger partial charge in [0.2, 0.25) is 5.91 Å². The lowest BCUT2D eigenvalue weighted by Gasteiger charge is -2.19. The van der Waals surface area contributed by atoms with E-state index in [4.69, 9.17) is 4.55 Å². The fourth-order valence-corrected chi connectivity index (χ4v) is 2.04. The molecule has 0 heterocycles. The molecule has 0 aromatic rings. The van der Waals surface area contributed by atoms with E-state index in [0.29, 0.717) is 13.0 Å². The molecule has 0 bridgehead atoms. The highest BCUT2D eigenvalue weighted by molar-refractivity contribution is 7.85. The van der Waals surface area contributed by atoms with Gasteiger partial charge in [0.1, 0.15) is 0 Å². The molecule has 0 aliphatic rings. The number of nitrogens with one attached hydrogen (secondary N) is 2. The van der Waals surface area contributed by atoms with Crippen LogP contribution in [-0.2, 0) is 14.9 Å². The van der Waals surface area contributed by atoms with Crippen molar-refractivity contribution >= 4 is 16.0 Å². The molecule has 3 N–H and O–H groups in total. The first-order valence-corrected chi connectivity index (χ1v) is 7.86. The van der Waals surface area contributed by atoms with Gasteiger partial charge >= 0.3 is 0 Å². The smallest absolute Gasteiger partial charge is 0.264 e. The average Bonchev–Trinajstić information content (AvgIpc) is 2.20. The first kappa shape index (κ1) is 17.3. The number of rotatable bonds is 9. The standard InChI is InChI=1S/C11H24N2O4S/c1-4-6-10(11(14)13-9(2)3)12-7-5-8-18(15,16)17/h9-10,12H,4-8H2,1-3H3,(H,13,14)(H,15,16,17)/t10-/m0/s1. The van der Waals surface area contributed by atoms with Gasteiger partial charge in [-0.2, -0.15) is 8.42 Å². The Hall–Kier alpha value is -0.660. The summed E-state index contributed by atoms with van der Waals surface area (Å²) in [5.41, 5.74) is 0. The lowest BCUT2D eigenvalue weighted by molar-refractivity contribution is -0.123. The molecule has 6 nitrogen and oxygen atoms in total. The molecule has 7 heteroatoms. The summed E-state index contributed by atoms with van der Waals surface area (Å²) >= 11 is 0. The maximum atomic E-state index is 11.8. The van der Waals surface area contributed by atoms with Crippen LogP contribution in [0.3, 0.4) is 0 Å². The van der Waals surface area contributed by atoms with Gasteiger partial charge in [-0.1, -0.05) is 13.3 Å². The second-order valence-electron chi connectivity index (χ2n) is 4.60. The predicted molar refractivity (Wildman–Crippen MR) is 71.0 cm³/mol. The van der Waals surface area contributed by atoms with Gasteiger partial charge in [-0.05, 0) is 33.2 Å². The minimum absolute atomic E-state index is 0.0706. The zero-order valence-corrected chi connectivity index (χ0v) is 12.1. The minimum atomic E-state index is -3.91. The van der Waals surface area contributed by atoms with Crippen LogP contribution in [-0.4, -0.2) is 43.3 Å². The first-order valence-electron chi connectivity index (χ1n) is 6.25. The summed E-state index contributed by atoms with van der Waals surface area (Å²) in [6.07, 6.45) is 1.85. The van der Waals surface area contributed by atoms with Gasteiger partial charge in [0.05, 0.1) is 11.8 Å². The van der Waals surface area contributed by atoms with Crippen LogP contribution in [0.25, 0.3) is 0 Å². The second kappa shape index (κ2) is 8.44. The Morgan fingerprint density at radius 1 is 1.33 bits per heavy atom. The first-order chi connectivity index (χ1) is 8.26. The molecule has 0 unspecified atom stereocenters. The summed E-state index contributed by atoms with van der Waals surface area (Å²) in [5.74, 6) is -0.358. The predicted octanol–water partition coefficient (Wildman–Crippen LogP) is 0.547. The topological polar surface area (TPSA) is 95.5 Å². The average molecular weight is 280 g/mol. The van der Waals surface area contributed by atoms with Crippen molar-refractivity contribution in [3.63, 3.8) is 0 Å². The third-order valence-electron chi connectivity index (χ3n) is 2.29. The van der Waals surface area contributed by atoms with Crippen molar-refractivity contribution in [2.24, 2.45) is 0 Å². The van der Waals surface area contributed by atoms with Crippen molar-refractivity contribution in [1.82, 2.24) is 10.6 Å². The molecule has 108 valence electrons. The normalized spacial score (nSPS) is 13.6. The Morgan fingerprint density at radius 2 is 1.94 bits per heavy atom. The Labute approximate surface area is 109 Å². The van der Waals surface area contributed by atoms with E-state index in [0.717, 1.165) is 6.42 Å². The monoisotopic (exact) mass is 280 g/mol. The van der Waals surface area contributed by atoms with Crippen molar-refractivity contribution in [3.05, 3.63) is 0 Å². The highest BCUT2D eigenvalue weighted by atomic mass is 32.2. The van der Waals surface area contributed by atoms with Crippen molar-refractivity contribution in [2.45, 2.75) is 52.1 Å². The summed E-state index contributed by atoms with van der Waals surface area (Å²) in [4.78, 5) is 11.8. The third kappa shape index (κ3) is 9.38. The van der Waals surface area contributed by atoms with E-state index in [-0.39, 0.29) is 30.2 Å². The van der Waals surface area contributed by atoms with Crippen LogP contribution in [0.1, 0.15) is 40.0 Å². The Kier molecular flexibility index (Phi) is 8.13. The number of carbonyl (C=O) groups is 1. The maximum absolute atomic E-state index is 11.8. The lowest BCUT2D eigenvalue weighted by Crippen LogP contribution is -2.46. The summed E-state index contributed by atoms with van der Waals surface area (Å²) in [7, 11) is -3.91. The second-order valence-corrected chi connectivity index (χ2v) is 6.17. The van der Waals surface area contributed by atoms with Gasteiger partial charge in [0.15, 0.2) is 0 Å². The molecule has 18 heavy (non-hydrogen) atoms. The van der Waals surface area contributed by atoms with Crippen molar-refractivity contribution < 1.29 is 17.8 Å². The molecule has 0 spiro atoms. The zero-order chi connectivity index (χ0) is 14.2. The van der Waals surface area contributed by atoms with Crippen molar-refractivity contribution in [2.75, 3.05) is 12.3 Å². The quantitative estimate of drug-likeness (QED) is 0.423. The van der Waals surface area contributed by atoms with Crippen LogP contribution in [0.15, 0.2) is 0 Å². The summed E-state index contributed by atoms with van der Waals surface area (Å²) < 4.78 is 29.6. The van der Waals surface area contributed by atoms with E-state index in [1.54, 1.807) is 0 Å². The molecule has 0 fully saturated rings. The SMILES string of the molecule is CCC[C@H](NCCCS(=O)(=O)O)C(=O)NC(C)C. The van der Waals surface area contributed by atoms with E-state index >= 15 is 0 Å². The van der Waals surface area contributed by atoms with Gasteiger partial charge in [-0.25, -0.2) is 0 Å². The summed E-state index contributed by atoms with van der Waals surface area (Å²) in [5, 5.41) is 5.83. The van der Waals surface area contributed by atoms with Gasteiger partial charge in [-0.15, -0.1) is 0 Å². The third-order valence-corrected chi connectivity index (χ3v) is 3.10. The van der Waals surface area contributed by atoms with E-state index < -0.39 is 10.1 Å². The molecule has 1 amide bonds. The Balaban J connectivity index is 4.08. The highest BCUT2D eigenvalue weighted by Gasteiger charge is 2.17. The molecular weight excluding hydrogens is 256 g/mol. The van der Waals surface area contributed by atoms with Crippen LogP contribution < -0.4 is 10.6 Å². The molecule has 0 aromatic carbocycles. The van der Waals surface area contributed by atoms with Gasteiger partial charge < -0.3 is 10.6 Å². The van der Waals surface area contributed by atoms with E-state index in [1.807, 2.05) is 20.8 Å². The van der Waals surface area contributed by atoms with E-state index in [2.05, 4.69) is 10.6 Å². The molecule has 0 rings (SSSR count). The number of hydrogen-bond donors (Lipinski definition) is 3. The van der Waals surface area contributed by atoms with Crippen LogP contribution in [0.4, 0.5) is 0 Å². The number of amides is 1. The fraction of sp³-hybridized carbons (Fsp3) is 0.909. The highest BCUT2D eigenvalue weighted by Crippen LogP contribution is 1.98. The molecule has 1 atom stereocenters. The van der Waals surface area contributed by atoms with Gasteiger partial charge in [-0.3, -0.25) is 9.35 Å². The number of hydrogen-bond acceptors (Lipinski definition) is 4.